The van der Waals surface area contributed by atoms with Gasteiger partial charge in [-0.15, -0.1) is 0 Å². The minimum atomic E-state index is -3.82. The maximum absolute atomic E-state index is 12.5. The highest BCUT2D eigenvalue weighted by Gasteiger charge is 2.24. The Kier molecular flexibility index (Phi) is 4.88. The SMILES string of the molecule is Cc1noc(C)c1S(=O)(=O)Nc1ccc(Nc2cccc(Cl)c2C)cn1. The van der Waals surface area contributed by atoms with Gasteiger partial charge in [-0.3, -0.25) is 4.72 Å². The summed E-state index contributed by atoms with van der Waals surface area (Å²) in [7, 11) is -3.82. The summed E-state index contributed by atoms with van der Waals surface area (Å²) in [6.45, 7) is 5.02. The molecule has 3 aromatic rings. The van der Waals surface area contributed by atoms with E-state index in [9.17, 15) is 8.42 Å². The third kappa shape index (κ3) is 3.66. The molecule has 2 N–H and O–H groups in total. The van der Waals surface area contributed by atoms with Crippen LogP contribution in [0, 0.1) is 20.8 Å². The Balaban J connectivity index is 1.79. The van der Waals surface area contributed by atoms with Crippen LogP contribution in [0.25, 0.3) is 0 Å². The standard InChI is InChI=1S/C17H17ClN4O3S/c1-10-14(18)5-4-6-15(10)20-13-7-8-16(19-9-13)22-26(23,24)17-11(2)21-25-12(17)3/h4-9,20H,1-3H3,(H,19,22). The van der Waals surface area contributed by atoms with Crippen molar-refractivity contribution < 1.29 is 12.9 Å². The largest absolute Gasteiger partial charge is 0.360 e. The molecule has 0 unspecified atom stereocenters. The van der Waals surface area contributed by atoms with E-state index in [0.717, 1.165) is 11.3 Å². The van der Waals surface area contributed by atoms with Crippen molar-refractivity contribution in [3.63, 3.8) is 0 Å². The van der Waals surface area contributed by atoms with Crippen LogP contribution in [0.15, 0.2) is 45.9 Å². The summed E-state index contributed by atoms with van der Waals surface area (Å²) >= 11 is 6.11. The lowest BCUT2D eigenvalue weighted by Crippen LogP contribution is -2.15. The van der Waals surface area contributed by atoms with Crippen molar-refractivity contribution in [1.82, 2.24) is 10.1 Å². The molecular weight excluding hydrogens is 376 g/mol. The van der Waals surface area contributed by atoms with Gasteiger partial charge in [-0.1, -0.05) is 22.8 Å². The van der Waals surface area contributed by atoms with Crippen molar-refractivity contribution >= 4 is 38.8 Å². The van der Waals surface area contributed by atoms with Gasteiger partial charge in [-0.2, -0.15) is 0 Å². The van der Waals surface area contributed by atoms with Crippen molar-refractivity contribution in [3.8, 4) is 0 Å². The number of nitrogens with one attached hydrogen (secondary N) is 2. The lowest BCUT2D eigenvalue weighted by molar-refractivity contribution is 0.390. The Morgan fingerprint density at radius 3 is 2.50 bits per heavy atom. The maximum Gasteiger partial charge on any atom is 0.268 e. The first-order valence-electron chi connectivity index (χ1n) is 7.72. The molecule has 0 aliphatic heterocycles. The highest BCUT2D eigenvalue weighted by atomic mass is 35.5. The van der Waals surface area contributed by atoms with Crippen molar-refractivity contribution in [3.05, 3.63) is 58.6 Å². The number of sulfonamides is 1. The summed E-state index contributed by atoms with van der Waals surface area (Å²) in [5.41, 5.74) is 2.76. The number of benzene rings is 1. The van der Waals surface area contributed by atoms with Gasteiger partial charge < -0.3 is 9.84 Å². The van der Waals surface area contributed by atoms with E-state index >= 15 is 0 Å². The summed E-state index contributed by atoms with van der Waals surface area (Å²) in [5.74, 6) is 0.420. The van der Waals surface area contributed by atoms with Crippen molar-refractivity contribution in [2.75, 3.05) is 10.0 Å². The zero-order valence-electron chi connectivity index (χ0n) is 14.4. The van der Waals surface area contributed by atoms with E-state index in [-0.39, 0.29) is 16.5 Å². The number of pyridine rings is 1. The van der Waals surface area contributed by atoms with E-state index in [4.69, 9.17) is 16.1 Å². The Bertz CT molecular complexity index is 1030. The minimum absolute atomic E-state index is 0.0241. The second-order valence-electron chi connectivity index (χ2n) is 5.73. The van der Waals surface area contributed by atoms with Crippen LogP contribution in [-0.4, -0.2) is 18.6 Å². The number of rotatable bonds is 5. The van der Waals surface area contributed by atoms with Gasteiger partial charge in [0.15, 0.2) is 10.7 Å². The molecule has 7 nitrogen and oxygen atoms in total. The molecule has 2 heterocycles. The van der Waals surface area contributed by atoms with Crippen LogP contribution in [0.4, 0.5) is 17.2 Å². The van der Waals surface area contributed by atoms with Gasteiger partial charge in [-0.05, 0) is 50.6 Å². The number of aryl methyl sites for hydroxylation is 2. The first-order chi connectivity index (χ1) is 12.3. The average molecular weight is 393 g/mol. The third-order valence-electron chi connectivity index (χ3n) is 3.79. The molecular formula is C17H17ClN4O3S. The third-order valence-corrected chi connectivity index (χ3v) is 5.79. The molecule has 2 aromatic heterocycles. The Labute approximate surface area is 156 Å². The molecule has 0 aliphatic rings. The summed E-state index contributed by atoms with van der Waals surface area (Å²) in [6, 6.07) is 8.84. The summed E-state index contributed by atoms with van der Waals surface area (Å²) in [5, 5.41) is 7.52. The zero-order chi connectivity index (χ0) is 18.9. The maximum atomic E-state index is 12.5. The lowest BCUT2D eigenvalue weighted by Gasteiger charge is -2.11. The molecule has 0 radical (unpaired) electrons. The molecule has 0 saturated carbocycles. The number of halogens is 1. The number of aromatic nitrogens is 2. The fourth-order valence-electron chi connectivity index (χ4n) is 2.47. The molecule has 0 bridgehead atoms. The molecule has 1 aromatic carbocycles. The van der Waals surface area contributed by atoms with Crippen molar-refractivity contribution in [2.24, 2.45) is 0 Å². The molecule has 0 aliphatic carbocycles. The van der Waals surface area contributed by atoms with E-state index in [2.05, 4.69) is 20.2 Å². The normalized spacial score (nSPS) is 11.4. The first kappa shape index (κ1) is 18.2. The Morgan fingerprint density at radius 2 is 1.88 bits per heavy atom. The molecule has 0 spiro atoms. The highest BCUT2D eigenvalue weighted by Crippen LogP contribution is 2.27. The number of hydrogen-bond donors (Lipinski definition) is 2. The second-order valence-corrected chi connectivity index (χ2v) is 7.75. The summed E-state index contributed by atoms with van der Waals surface area (Å²) in [6.07, 6.45) is 1.53. The van der Waals surface area contributed by atoms with E-state index < -0.39 is 10.0 Å². The molecule has 0 atom stereocenters. The predicted molar refractivity (Wildman–Crippen MR) is 100 cm³/mol. The Morgan fingerprint density at radius 1 is 1.12 bits per heavy atom. The van der Waals surface area contributed by atoms with Crippen LogP contribution >= 0.6 is 11.6 Å². The van der Waals surface area contributed by atoms with Gasteiger partial charge in [0.25, 0.3) is 10.0 Å². The number of anilines is 3. The number of nitrogens with zero attached hydrogens (tertiary/aromatic N) is 2. The van der Waals surface area contributed by atoms with Crippen LogP contribution in [0.2, 0.25) is 5.02 Å². The quantitative estimate of drug-likeness (QED) is 0.675. The zero-order valence-corrected chi connectivity index (χ0v) is 15.9. The van der Waals surface area contributed by atoms with Crippen LogP contribution in [0.5, 0.6) is 0 Å². The summed E-state index contributed by atoms with van der Waals surface area (Å²) in [4.78, 5) is 4.17. The van der Waals surface area contributed by atoms with Crippen molar-refractivity contribution in [1.29, 1.82) is 0 Å². The van der Waals surface area contributed by atoms with Gasteiger partial charge in [0.05, 0.1) is 11.9 Å². The summed E-state index contributed by atoms with van der Waals surface area (Å²) < 4.78 is 32.3. The van der Waals surface area contributed by atoms with Crippen LogP contribution in [-0.2, 0) is 10.0 Å². The average Bonchev–Trinajstić information content (AvgIpc) is 2.93. The fourth-order valence-corrected chi connectivity index (χ4v) is 3.99. The van der Waals surface area contributed by atoms with Gasteiger partial charge in [0.1, 0.15) is 11.5 Å². The van der Waals surface area contributed by atoms with Gasteiger partial charge in [-0.25, -0.2) is 13.4 Å². The topological polar surface area (TPSA) is 97.1 Å². The van der Waals surface area contributed by atoms with Gasteiger partial charge in [0, 0.05) is 10.7 Å². The molecule has 26 heavy (non-hydrogen) atoms. The molecule has 3 rings (SSSR count). The lowest BCUT2D eigenvalue weighted by atomic mass is 10.2. The Hall–Kier alpha value is -2.58. The van der Waals surface area contributed by atoms with Gasteiger partial charge >= 0.3 is 0 Å². The van der Waals surface area contributed by atoms with E-state index in [1.807, 2.05) is 25.1 Å². The van der Waals surface area contributed by atoms with E-state index in [1.54, 1.807) is 26.0 Å². The van der Waals surface area contributed by atoms with E-state index in [0.29, 0.717) is 16.4 Å². The van der Waals surface area contributed by atoms with Crippen LogP contribution < -0.4 is 10.0 Å². The molecule has 0 fully saturated rings. The van der Waals surface area contributed by atoms with Gasteiger partial charge in [0.2, 0.25) is 0 Å². The second kappa shape index (κ2) is 6.97. The smallest absolute Gasteiger partial charge is 0.268 e. The molecule has 136 valence electrons. The molecule has 0 amide bonds. The predicted octanol–water partition coefficient (Wildman–Crippen LogP) is 4.19. The van der Waals surface area contributed by atoms with Crippen LogP contribution in [0.1, 0.15) is 17.0 Å². The molecule has 0 saturated heterocycles. The monoisotopic (exact) mass is 392 g/mol. The van der Waals surface area contributed by atoms with E-state index in [1.165, 1.54) is 6.20 Å². The first-order valence-corrected chi connectivity index (χ1v) is 9.58. The molecule has 9 heteroatoms. The fraction of sp³-hybridized carbons (Fsp3) is 0.176. The van der Waals surface area contributed by atoms with Crippen molar-refractivity contribution in [2.45, 2.75) is 25.7 Å². The highest BCUT2D eigenvalue weighted by molar-refractivity contribution is 7.92. The minimum Gasteiger partial charge on any atom is -0.360 e. The number of hydrogen-bond acceptors (Lipinski definition) is 6. The van der Waals surface area contributed by atoms with Crippen LogP contribution in [0.3, 0.4) is 0 Å².